The van der Waals surface area contributed by atoms with Gasteiger partial charge in [-0.25, -0.2) is 4.39 Å². The molecule has 1 aromatic heterocycles. The van der Waals surface area contributed by atoms with Crippen LogP contribution in [0.3, 0.4) is 0 Å². The van der Waals surface area contributed by atoms with Gasteiger partial charge in [-0.15, -0.1) is 0 Å². The molecule has 0 radical (unpaired) electrons. The van der Waals surface area contributed by atoms with Crippen LogP contribution in [0.2, 0.25) is 0 Å². The van der Waals surface area contributed by atoms with Crippen LogP contribution in [0.5, 0.6) is 5.75 Å². The van der Waals surface area contributed by atoms with Crippen molar-refractivity contribution in [3.63, 3.8) is 0 Å². The summed E-state index contributed by atoms with van der Waals surface area (Å²) in [6.45, 7) is -1.65. The molecule has 1 aliphatic carbocycles. The Balaban J connectivity index is 1.84. The third kappa shape index (κ3) is 4.85. The topological polar surface area (TPSA) is 111 Å². The van der Waals surface area contributed by atoms with Crippen LogP contribution in [0.4, 0.5) is 17.6 Å². The Morgan fingerprint density at radius 2 is 1.97 bits per heavy atom. The second-order valence-corrected chi connectivity index (χ2v) is 8.85. The summed E-state index contributed by atoms with van der Waals surface area (Å²) in [7, 11) is -1.22. The zero-order valence-electron chi connectivity index (χ0n) is 15.2. The van der Waals surface area contributed by atoms with Gasteiger partial charge >= 0.3 is 6.18 Å². The van der Waals surface area contributed by atoms with E-state index in [1.165, 1.54) is 0 Å². The molecule has 0 aromatic carbocycles. The zero-order valence-corrected chi connectivity index (χ0v) is 16.0. The highest BCUT2D eigenvalue weighted by Gasteiger charge is 2.46. The van der Waals surface area contributed by atoms with Crippen molar-refractivity contribution < 1.29 is 36.1 Å². The van der Waals surface area contributed by atoms with Crippen LogP contribution in [-0.2, 0) is 21.3 Å². The Kier molecular flexibility index (Phi) is 5.58. The molecule has 3 N–H and O–H groups in total. The number of carbonyl (C=O) groups is 2. The molecule has 0 bridgehead atoms. The standard InChI is InChI=1S/C17H19F4N3O4S/c18-16(2-1-3-16)10-6-23-11(4-12(10)28-7-17(19,20)21)14(26)24-15(5-13(22)25)8-29(27)9-15/h4,6H,1-3,5,7-9H2,(H2,22,25)(H,24,26). The maximum atomic E-state index is 14.8. The summed E-state index contributed by atoms with van der Waals surface area (Å²) in [6.07, 6.45) is -3.07. The molecule has 3 rings (SSSR count). The number of pyridine rings is 1. The zero-order chi connectivity index (χ0) is 21.4. The van der Waals surface area contributed by atoms with E-state index in [9.17, 15) is 31.4 Å². The summed E-state index contributed by atoms with van der Waals surface area (Å²) >= 11 is 0. The average Bonchev–Trinajstić information content (AvgIpc) is 2.55. The van der Waals surface area contributed by atoms with Crippen molar-refractivity contribution in [3.05, 3.63) is 23.5 Å². The predicted molar refractivity (Wildman–Crippen MR) is 94.3 cm³/mol. The quantitative estimate of drug-likeness (QED) is 0.628. The fraction of sp³-hybridized carbons (Fsp3) is 0.588. The minimum atomic E-state index is -4.65. The highest BCUT2D eigenvalue weighted by Crippen LogP contribution is 2.48. The Bertz CT molecular complexity index is 850. The molecule has 2 aliphatic rings. The molecule has 2 fully saturated rings. The lowest BCUT2D eigenvalue weighted by Crippen LogP contribution is -2.64. The second-order valence-electron chi connectivity index (χ2n) is 7.39. The SMILES string of the molecule is NC(=O)CC1(NC(=O)c2cc(OCC(F)(F)F)c(C3(F)CCC3)cn2)CS(=O)C1. The van der Waals surface area contributed by atoms with Gasteiger partial charge in [0.2, 0.25) is 5.91 Å². The Morgan fingerprint density at radius 1 is 1.31 bits per heavy atom. The minimum Gasteiger partial charge on any atom is -0.484 e. The van der Waals surface area contributed by atoms with E-state index < -0.39 is 52.4 Å². The van der Waals surface area contributed by atoms with Gasteiger partial charge in [0.25, 0.3) is 5.91 Å². The summed E-state index contributed by atoms with van der Waals surface area (Å²) in [5.41, 5.74) is 1.77. The van der Waals surface area contributed by atoms with Crippen LogP contribution in [0, 0.1) is 0 Å². The molecule has 1 saturated heterocycles. The van der Waals surface area contributed by atoms with Crippen LogP contribution >= 0.6 is 0 Å². The number of primary amides is 1. The van der Waals surface area contributed by atoms with E-state index >= 15 is 0 Å². The summed E-state index contributed by atoms with van der Waals surface area (Å²) in [6, 6.07) is 0.948. The van der Waals surface area contributed by atoms with Crippen LogP contribution in [-0.4, -0.2) is 50.8 Å². The van der Waals surface area contributed by atoms with E-state index in [1.54, 1.807) is 0 Å². The van der Waals surface area contributed by atoms with Crippen molar-refractivity contribution in [3.8, 4) is 5.75 Å². The molecule has 12 heteroatoms. The van der Waals surface area contributed by atoms with Crippen molar-refractivity contribution in [2.75, 3.05) is 18.1 Å². The van der Waals surface area contributed by atoms with E-state index in [2.05, 4.69) is 10.3 Å². The largest absolute Gasteiger partial charge is 0.484 e. The van der Waals surface area contributed by atoms with Gasteiger partial charge in [-0.3, -0.25) is 18.8 Å². The van der Waals surface area contributed by atoms with Gasteiger partial charge in [-0.05, 0) is 19.3 Å². The number of amides is 2. The van der Waals surface area contributed by atoms with Crippen molar-refractivity contribution >= 4 is 22.6 Å². The molecule has 160 valence electrons. The highest BCUT2D eigenvalue weighted by atomic mass is 32.2. The van der Waals surface area contributed by atoms with Crippen LogP contribution in [0.15, 0.2) is 12.3 Å². The number of hydrogen-bond acceptors (Lipinski definition) is 5. The molecule has 0 atom stereocenters. The number of aromatic nitrogens is 1. The van der Waals surface area contributed by atoms with Gasteiger partial charge in [0, 0.05) is 40.1 Å². The Morgan fingerprint density at radius 3 is 2.45 bits per heavy atom. The normalized spacial score (nSPS) is 25.4. The fourth-order valence-electron chi connectivity index (χ4n) is 3.36. The monoisotopic (exact) mass is 437 g/mol. The van der Waals surface area contributed by atoms with Crippen molar-refractivity contribution in [1.82, 2.24) is 10.3 Å². The smallest absolute Gasteiger partial charge is 0.422 e. The first kappa shape index (κ1) is 21.5. The van der Waals surface area contributed by atoms with E-state index in [-0.39, 0.29) is 42.0 Å². The van der Waals surface area contributed by atoms with E-state index in [0.717, 1.165) is 12.3 Å². The summed E-state index contributed by atoms with van der Waals surface area (Å²) < 4.78 is 68.7. The summed E-state index contributed by atoms with van der Waals surface area (Å²) in [4.78, 5) is 27.7. The number of ether oxygens (including phenoxy) is 1. The lowest BCUT2D eigenvalue weighted by atomic mass is 9.77. The number of nitrogens with two attached hydrogens (primary N) is 1. The number of alkyl halides is 4. The molecule has 2 heterocycles. The van der Waals surface area contributed by atoms with Crippen LogP contribution < -0.4 is 15.8 Å². The van der Waals surface area contributed by atoms with Gasteiger partial charge in [-0.1, -0.05) is 0 Å². The molecular weight excluding hydrogens is 418 g/mol. The van der Waals surface area contributed by atoms with Crippen LogP contribution in [0.1, 0.15) is 41.7 Å². The van der Waals surface area contributed by atoms with Gasteiger partial charge in [0.05, 0.1) is 12.0 Å². The lowest BCUT2D eigenvalue weighted by Gasteiger charge is -2.40. The minimum absolute atomic E-state index is 0.0186. The van der Waals surface area contributed by atoms with E-state index in [0.29, 0.717) is 6.42 Å². The van der Waals surface area contributed by atoms with Gasteiger partial charge in [0.1, 0.15) is 17.1 Å². The maximum absolute atomic E-state index is 14.8. The number of hydrogen-bond donors (Lipinski definition) is 2. The first-order valence-electron chi connectivity index (χ1n) is 8.76. The van der Waals surface area contributed by atoms with Crippen molar-refractivity contribution in [2.45, 2.75) is 43.1 Å². The number of halogens is 4. The lowest BCUT2D eigenvalue weighted by molar-refractivity contribution is -0.154. The molecule has 0 spiro atoms. The molecule has 7 nitrogen and oxygen atoms in total. The van der Waals surface area contributed by atoms with Gasteiger partial charge < -0.3 is 15.8 Å². The van der Waals surface area contributed by atoms with Gasteiger partial charge in [-0.2, -0.15) is 13.2 Å². The van der Waals surface area contributed by atoms with Crippen molar-refractivity contribution in [1.29, 1.82) is 0 Å². The summed E-state index contributed by atoms with van der Waals surface area (Å²) in [5.74, 6) is -1.89. The predicted octanol–water partition coefficient (Wildman–Crippen LogP) is 1.48. The summed E-state index contributed by atoms with van der Waals surface area (Å²) in [5, 5.41) is 2.53. The second kappa shape index (κ2) is 7.54. The molecule has 29 heavy (non-hydrogen) atoms. The number of rotatable bonds is 7. The first-order valence-corrected chi connectivity index (χ1v) is 10.3. The molecule has 0 unspecified atom stereocenters. The molecule has 1 aromatic rings. The molecular formula is C17H19F4N3O4S. The number of nitrogens with one attached hydrogen (secondary N) is 1. The molecule has 2 amide bonds. The molecule has 1 saturated carbocycles. The average molecular weight is 437 g/mol. The van der Waals surface area contributed by atoms with Crippen molar-refractivity contribution in [2.24, 2.45) is 5.73 Å². The van der Waals surface area contributed by atoms with E-state index in [1.807, 2.05) is 0 Å². The number of carbonyl (C=O) groups excluding carboxylic acids is 2. The van der Waals surface area contributed by atoms with Gasteiger partial charge in [0.15, 0.2) is 6.61 Å². The van der Waals surface area contributed by atoms with Crippen LogP contribution in [0.25, 0.3) is 0 Å². The maximum Gasteiger partial charge on any atom is 0.422 e. The highest BCUT2D eigenvalue weighted by molar-refractivity contribution is 7.86. The third-order valence-electron chi connectivity index (χ3n) is 4.88. The number of nitrogens with zero attached hydrogens (tertiary/aromatic N) is 1. The molecule has 1 aliphatic heterocycles. The third-order valence-corrected chi connectivity index (χ3v) is 6.63. The first-order chi connectivity index (χ1) is 13.4. The fourth-order valence-corrected chi connectivity index (χ4v) is 4.86. The van der Waals surface area contributed by atoms with E-state index in [4.69, 9.17) is 10.5 Å². The Hall–Kier alpha value is -2.24. The Labute approximate surface area is 165 Å².